The first kappa shape index (κ1) is 82.3. The van der Waals surface area contributed by atoms with Crippen LogP contribution in [0.5, 0.6) is 0 Å². The van der Waals surface area contributed by atoms with Crippen molar-refractivity contribution < 1.29 is 24.5 Å². The molecule has 0 spiro atoms. The zero-order valence-electron chi connectivity index (χ0n) is 57.2. The van der Waals surface area contributed by atoms with Crippen LogP contribution in [0.1, 0.15) is 438 Å². The Hall–Kier alpha value is -1.66. The third kappa shape index (κ3) is 69.4. The summed E-state index contributed by atoms with van der Waals surface area (Å²) in [6, 6.07) is -0.539. The van der Waals surface area contributed by atoms with Crippen molar-refractivity contribution in [3.63, 3.8) is 0 Å². The Morgan fingerprint density at radius 3 is 0.905 bits per heavy atom. The summed E-state index contributed by atoms with van der Waals surface area (Å²) in [5.74, 6) is -0.00634. The van der Waals surface area contributed by atoms with Gasteiger partial charge >= 0.3 is 5.97 Å². The minimum atomic E-state index is -0.662. The molecule has 84 heavy (non-hydrogen) atoms. The Kier molecular flexibility index (Phi) is 72.3. The van der Waals surface area contributed by atoms with E-state index in [0.717, 1.165) is 44.9 Å². The van der Waals surface area contributed by atoms with Crippen LogP contribution in [0.3, 0.4) is 0 Å². The first-order valence-electron chi connectivity index (χ1n) is 38.6. The molecule has 1 amide bonds. The van der Waals surface area contributed by atoms with Crippen LogP contribution in [0.15, 0.2) is 24.3 Å². The molecule has 3 N–H and O–H groups in total. The van der Waals surface area contributed by atoms with Gasteiger partial charge in [0, 0.05) is 12.8 Å². The molecule has 2 atom stereocenters. The highest BCUT2D eigenvalue weighted by atomic mass is 16.5. The number of hydrogen-bond acceptors (Lipinski definition) is 5. The number of aliphatic hydroxyl groups excluding tert-OH is 2. The normalized spacial score (nSPS) is 12.6. The molecule has 2 unspecified atom stereocenters. The Morgan fingerprint density at radius 1 is 0.333 bits per heavy atom. The molecule has 0 saturated carbocycles. The second kappa shape index (κ2) is 73.8. The first-order chi connectivity index (χ1) is 41.5. The quantitative estimate of drug-likeness (QED) is 0.0320. The molecule has 0 saturated heterocycles. The van der Waals surface area contributed by atoms with Gasteiger partial charge in [-0.3, -0.25) is 9.59 Å². The Bertz CT molecular complexity index is 1320. The molecule has 0 fully saturated rings. The van der Waals surface area contributed by atoms with Crippen molar-refractivity contribution in [3.8, 4) is 0 Å². The van der Waals surface area contributed by atoms with E-state index in [9.17, 15) is 19.8 Å². The summed E-state index contributed by atoms with van der Waals surface area (Å²) in [7, 11) is 0. The SMILES string of the molecule is CCCCCCCCCCCCCCCCCCC(O)C(CO)NC(=O)CCCCCCCCCCCCCCCCCCC/C=C\C/C=C\CCCCCCCCCCCCCCCCCOC(=O)CCCCCCCCCCCCCC. The van der Waals surface area contributed by atoms with Gasteiger partial charge in [0.25, 0.3) is 0 Å². The zero-order chi connectivity index (χ0) is 60.6. The van der Waals surface area contributed by atoms with Crippen molar-refractivity contribution in [1.29, 1.82) is 0 Å². The standard InChI is InChI=1S/C78H151NO5/c1-3-5-7-9-11-13-15-17-18-44-47-50-54-58-62-66-70-76(81)75(74-80)79-77(82)71-67-63-59-55-51-48-45-42-40-38-36-34-32-30-28-26-24-22-20-19-21-23-25-27-29-31-33-35-37-39-41-43-46-49-53-57-61-65-69-73-84-78(83)72-68-64-60-56-52-16-14-12-10-8-6-4-2/h19-20,23,25,75-76,80-81H,3-18,21-22,24,26-74H2,1-2H3,(H,79,82)/b20-19-,25-23-. The van der Waals surface area contributed by atoms with E-state index in [2.05, 4.69) is 43.5 Å². The second-order valence-electron chi connectivity index (χ2n) is 26.7. The second-order valence-corrected chi connectivity index (χ2v) is 26.7. The van der Waals surface area contributed by atoms with Crippen LogP contribution in [0.25, 0.3) is 0 Å². The van der Waals surface area contributed by atoms with Crippen LogP contribution in [0, 0.1) is 0 Å². The van der Waals surface area contributed by atoms with Crippen LogP contribution in [-0.2, 0) is 14.3 Å². The van der Waals surface area contributed by atoms with Crippen molar-refractivity contribution in [1.82, 2.24) is 5.32 Å². The predicted octanol–water partition coefficient (Wildman–Crippen LogP) is 25.3. The largest absolute Gasteiger partial charge is 0.466 e. The number of carbonyl (C=O) groups excluding carboxylic acids is 2. The third-order valence-electron chi connectivity index (χ3n) is 18.3. The molecule has 498 valence electrons. The highest BCUT2D eigenvalue weighted by Crippen LogP contribution is 2.20. The summed E-state index contributed by atoms with van der Waals surface area (Å²) in [5, 5.41) is 23.4. The van der Waals surface area contributed by atoms with Gasteiger partial charge in [-0.1, -0.05) is 391 Å². The van der Waals surface area contributed by atoms with E-state index in [1.807, 2.05) is 0 Å². The number of aliphatic hydroxyl groups is 2. The Labute approximate surface area is 526 Å². The number of rotatable bonds is 73. The van der Waals surface area contributed by atoms with E-state index in [4.69, 9.17) is 4.74 Å². The minimum absolute atomic E-state index is 0.0217. The van der Waals surface area contributed by atoms with Crippen LogP contribution < -0.4 is 5.32 Å². The molecule has 0 heterocycles. The number of nitrogens with one attached hydrogen (secondary N) is 1. The van der Waals surface area contributed by atoms with Gasteiger partial charge in [0.05, 0.1) is 25.4 Å². The molecule has 0 aliphatic rings. The van der Waals surface area contributed by atoms with Gasteiger partial charge in [-0.05, 0) is 57.8 Å². The minimum Gasteiger partial charge on any atom is -0.466 e. The average Bonchev–Trinajstić information content (AvgIpc) is 3.50. The maximum Gasteiger partial charge on any atom is 0.305 e. The van der Waals surface area contributed by atoms with Crippen molar-refractivity contribution >= 4 is 11.9 Å². The Balaban J connectivity index is 3.34. The van der Waals surface area contributed by atoms with E-state index in [-0.39, 0.29) is 18.5 Å². The number of carbonyl (C=O) groups is 2. The number of unbranched alkanes of at least 4 members (excludes halogenated alkanes) is 58. The molecular formula is C78H151NO5. The molecule has 0 bridgehead atoms. The van der Waals surface area contributed by atoms with E-state index < -0.39 is 12.1 Å². The van der Waals surface area contributed by atoms with E-state index in [0.29, 0.717) is 25.9 Å². The van der Waals surface area contributed by atoms with Crippen LogP contribution in [0.4, 0.5) is 0 Å². The molecule has 6 nitrogen and oxygen atoms in total. The molecule has 6 heteroatoms. The molecular weight excluding hydrogens is 1030 g/mol. The molecule has 0 aliphatic carbocycles. The highest BCUT2D eigenvalue weighted by molar-refractivity contribution is 5.76. The number of hydrogen-bond donors (Lipinski definition) is 3. The number of esters is 1. The van der Waals surface area contributed by atoms with Gasteiger partial charge in [-0.15, -0.1) is 0 Å². The Morgan fingerprint density at radius 2 is 0.595 bits per heavy atom. The average molecular weight is 1180 g/mol. The highest BCUT2D eigenvalue weighted by Gasteiger charge is 2.20. The van der Waals surface area contributed by atoms with Crippen molar-refractivity contribution in [2.75, 3.05) is 13.2 Å². The van der Waals surface area contributed by atoms with Crippen LogP contribution >= 0.6 is 0 Å². The van der Waals surface area contributed by atoms with Crippen molar-refractivity contribution in [2.24, 2.45) is 0 Å². The molecule has 0 aromatic heterocycles. The van der Waals surface area contributed by atoms with Gasteiger partial charge < -0.3 is 20.3 Å². The smallest absolute Gasteiger partial charge is 0.305 e. The van der Waals surface area contributed by atoms with Gasteiger partial charge in [0.15, 0.2) is 0 Å². The molecule has 0 aliphatic heterocycles. The lowest BCUT2D eigenvalue weighted by molar-refractivity contribution is -0.143. The van der Waals surface area contributed by atoms with E-state index in [1.165, 1.54) is 360 Å². The third-order valence-corrected chi connectivity index (χ3v) is 18.3. The summed E-state index contributed by atoms with van der Waals surface area (Å²) >= 11 is 0. The van der Waals surface area contributed by atoms with Crippen LogP contribution in [-0.4, -0.2) is 47.4 Å². The fraction of sp³-hybridized carbons (Fsp3) is 0.923. The summed E-state index contributed by atoms with van der Waals surface area (Å²) < 4.78 is 5.49. The number of allylic oxidation sites excluding steroid dienone is 4. The fourth-order valence-electron chi connectivity index (χ4n) is 12.4. The van der Waals surface area contributed by atoms with Gasteiger partial charge in [0.2, 0.25) is 5.91 Å². The fourth-order valence-corrected chi connectivity index (χ4v) is 12.4. The molecule has 0 rings (SSSR count). The molecule has 0 aromatic rings. The number of ether oxygens (including phenoxy) is 1. The lowest BCUT2D eigenvalue weighted by atomic mass is 10.0. The summed E-state index contributed by atoms with van der Waals surface area (Å²) in [6.07, 6.45) is 94.1. The summed E-state index contributed by atoms with van der Waals surface area (Å²) in [5.41, 5.74) is 0. The van der Waals surface area contributed by atoms with Gasteiger partial charge in [0.1, 0.15) is 0 Å². The summed E-state index contributed by atoms with van der Waals surface area (Å²) in [4.78, 5) is 24.6. The number of amides is 1. The summed E-state index contributed by atoms with van der Waals surface area (Å²) in [6.45, 7) is 5.00. The maximum atomic E-state index is 12.5. The lowest BCUT2D eigenvalue weighted by Gasteiger charge is -2.22. The van der Waals surface area contributed by atoms with Gasteiger partial charge in [-0.2, -0.15) is 0 Å². The predicted molar refractivity (Wildman–Crippen MR) is 370 cm³/mol. The van der Waals surface area contributed by atoms with E-state index in [1.54, 1.807) is 0 Å². The lowest BCUT2D eigenvalue weighted by Crippen LogP contribution is -2.45. The molecule has 0 aromatic carbocycles. The van der Waals surface area contributed by atoms with Gasteiger partial charge in [-0.25, -0.2) is 0 Å². The van der Waals surface area contributed by atoms with Crippen molar-refractivity contribution in [2.45, 2.75) is 450 Å². The first-order valence-corrected chi connectivity index (χ1v) is 38.6. The monoisotopic (exact) mass is 1180 g/mol. The molecule has 0 radical (unpaired) electrons. The van der Waals surface area contributed by atoms with Crippen LogP contribution in [0.2, 0.25) is 0 Å². The zero-order valence-corrected chi connectivity index (χ0v) is 57.2. The van der Waals surface area contributed by atoms with Crippen molar-refractivity contribution in [3.05, 3.63) is 24.3 Å². The topological polar surface area (TPSA) is 95.9 Å². The maximum absolute atomic E-state index is 12.5. The van der Waals surface area contributed by atoms with E-state index >= 15 is 0 Å².